The topological polar surface area (TPSA) is 77.5 Å². The Hall–Kier alpha value is -2.23. The van der Waals surface area contributed by atoms with E-state index in [-0.39, 0.29) is 18.6 Å². The molecule has 3 rings (SSSR count). The molecule has 1 aromatic carbocycles. The van der Waals surface area contributed by atoms with Gasteiger partial charge in [0, 0.05) is 19.3 Å². The monoisotopic (exact) mass is 437 g/mol. The molecule has 0 saturated carbocycles. The number of rotatable bonds is 9. The number of carbonyl (C=O) groups is 1. The van der Waals surface area contributed by atoms with Gasteiger partial charge in [0.2, 0.25) is 0 Å². The summed E-state index contributed by atoms with van der Waals surface area (Å²) in [6, 6.07) is 10.6. The number of nitrogens with one attached hydrogen (secondary N) is 1. The fourth-order valence-electron chi connectivity index (χ4n) is 3.39. The molecule has 0 bridgehead atoms. The zero-order valence-electron chi connectivity index (χ0n) is 16.7. The van der Waals surface area contributed by atoms with Gasteiger partial charge in [-0.05, 0) is 60.8 Å². The molecule has 2 atom stereocenters. The molecule has 1 saturated heterocycles. The highest BCUT2D eigenvalue weighted by molar-refractivity contribution is 7.91. The van der Waals surface area contributed by atoms with Crippen LogP contribution < -0.4 is 10.2 Å². The van der Waals surface area contributed by atoms with Crippen LogP contribution in [-0.4, -0.2) is 47.0 Å². The van der Waals surface area contributed by atoms with Crippen LogP contribution in [0.1, 0.15) is 35.7 Å². The van der Waals surface area contributed by atoms with Crippen molar-refractivity contribution in [2.75, 3.05) is 23.8 Å². The van der Waals surface area contributed by atoms with E-state index in [9.17, 15) is 18.1 Å². The van der Waals surface area contributed by atoms with Gasteiger partial charge >= 0.3 is 6.61 Å². The van der Waals surface area contributed by atoms with E-state index in [1.54, 1.807) is 12.1 Å². The van der Waals surface area contributed by atoms with Crippen molar-refractivity contribution in [1.82, 2.24) is 10.3 Å². The highest BCUT2D eigenvalue weighted by Gasteiger charge is 2.27. The maximum absolute atomic E-state index is 12.4. The Morgan fingerprint density at radius 1 is 1.33 bits per heavy atom. The Kier molecular flexibility index (Phi) is 8.01. The summed E-state index contributed by atoms with van der Waals surface area (Å²) in [6.45, 7) is 0.0982. The van der Waals surface area contributed by atoms with Gasteiger partial charge in [-0.15, -0.1) is 0 Å². The Morgan fingerprint density at radius 2 is 2.10 bits per heavy atom. The number of anilines is 1. The van der Waals surface area contributed by atoms with E-state index >= 15 is 0 Å². The zero-order valence-corrected chi connectivity index (χ0v) is 17.5. The SMILES string of the molecule is CC[S+]([O-])c1ccc(CNC(=O)c2ccc(N3CCC[C@H]3COC(F)F)nc2)cc1. The summed E-state index contributed by atoms with van der Waals surface area (Å²) in [5, 5.41) is 2.84. The van der Waals surface area contributed by atoms with Gasteiger partial charge in [-0.2, -0.15) is 8.78 Å². The Bertz CT molecular complexity index is 821. The number of ether oxygens (including phenoxy) is 1. The first kappa shape index (κ1) is 22.5. The molecule has 1 aliphatic heterocycles. The van der Waals surface area contributed by atoms with E-state index in [0.717, 1.165) is 23.3 Å². The van der Waals surface area contributed by atoms with Crippen molar-refractivity contribution in [1.29, 1.82) is 0 Å². The average molecular weight is 438 g/mol. The van der Waals surface area contributed by atoms with Crippen molar-refractivity contribution >= 4 is 22.9 Å². The molecule has 1 aromatic heterocycles. The second kappa shape index (κ2) is 10.7. The predicted molar refractivity (Wildman–Crippen MR) is 111 cm³/mol. The lowest BCUT2D eigenvalue weighted by Gasteiger charge is -2.25. The molecule has 2 aromatic rings. The van der Waals surface area contributed by atoms with E-state index < -0.39 is 17.8 Å². The number of alkyl halides is 2. The van der Waals surface area contributed by atoms with Crippen LogP contribution in [0.3, 0.4) is 0 Å². The van der Waals surface area contributed by atoms with Gasteiger partial charge in [0.25, 0.3) is 5.91 Å². The van der Waals surface area contributed by atoms with Crippen LogP contribution in [0.25, 0.3) is 0 Å². The van der Waals surface area contributed by atoms with Crippen molar-refractivity contribution in [2.24, 2.45) is 0 Å². The second-order valence-corrected chi connectivity index (χ2v) is 8.69. The van der Waals surface area contributed by atoms with E-state index in [1.165, 1.54) is 6.20 Å². The van der Waals surface area contributed by atoms with Crippen molar-refractivity contribution in [3.63, 3.8) is 0 Å². The number of halogens is 2. The van der Waals surface area contributed by atoms with Gasteiger partial charge in [-0.3, -0.25) is 4.79 Å². The van der Waals surface area contributed by atoms with Gasteiger partial charge in [0.15, 0.2) is 4.90 Å². The number of benzene rings is 1. The van der Waals surface area contributed by atoms with E-state index in [0.29, 0.717) is 30.2 Å². The van der Waals surface area contributed by atoms with Gasteiger partial charge in [-0.25, -0.2) is 4.98 Å². The largest absolute Gasteiger partial charge is 0.611 e. The smallest absolute Gasteiger partial charge is 0.345 e. The molecule has 0 radical (unpaired) electrons. The lowest BCUT2D eigenvalue weighted by Crippen LogP contribution is -2.34. The molecule has 1 N–H and O–H groups in total. The van der Waals surface area contributed by atoms with Gasteiger partial charge in [0.1, 0.15) is 11.6 Å². The maximum atomic E-state index is 12.4. The first-order valence-electron chi connectivity index (χ1n) is 9.86. The summed E-state index contributed by atoms with van der Waals surface area (Å²) in [5.41, 5.74) is 1.32. The summed E-state index contributed by atoms with van der Waals surface area (Å²) in [7, 11) is 0. The van der Waals surface area contributed by atoms with Crippen molar-refractivity contribution in [3.05, 3.63) is 53.7 Å². The number of carbonyl (C=O) groups excluding carboxylic acids is 1. The van der Waals surface area contributed by atoms with Crippen LogP contribution in [0.2, 0.25) is 0 Å². The molecule has 0 aliphatic carbocycles. The number of aromatic nitrogens is 1. The van der Waals surface area contributed by atoms with E-state index in [4.69, 9.17) is 0 Å². The molecule has 1 unspecified atom stereocenters. The fraction of sp³-hybridized carbons (Fsp3) is 0.429. The van der Waals surface area contributed by atoms with Crippen molar-refractivity contribution < 1.29 is 22.9 Å². The quantitative estimate of drug-likeness (QED) is 0.609. The predicted octanol–water partition coefficient (Wildman–Crippen LogP) is 3.35. The van der Waals surface area contributed by atoms with Crippen LogP contribution in [0.5, 0.6) is 0 Å². The third-order valence-electron chi connectivity index (χ3n) is 5.00. The lowest BCUT2D eigenvalue weighted by molar-refractivity contribution is -0.131. The zero-order chi connectivity index (χ0) is 21.5. The van der Waals surface area contributed by atoms with E-state index in [1.807, 2.05) is 36.1 Å². The molecule has 1 aliphatic rings. The first-order valence-corrected chi connectivity index (χ1v) is 11.2. The molecule has 30 heavy (non-hydrogen) atoms. The van der Waals surface area contributed by atoms with Gasteiger partial charge < -0.3 is 19.5 Å². The minimum Gasteiger partial charge on any atom is -0.611 e. The number of amides is 1. The third kappa shape index (κ3) is 5.90. The minimum absolute atomic E-state index is 0.0494. The number of hydrogen-bond donors (Lipinski definition) is 1. The van der Waals surface area contributed by atoms with Crippen molar-refractivity contribution in [3.8, 4) is 0 Å². The Morgan fingerprint density at radius 3 is 2.73 bits per heavy atom. The summed E-state index contributed by atoms with van der Waals surface area (Å²) >= 11 is -0.996. The summed E-state index contributed by atoms with van der Waals surface area (Å²) in [6.07, 6.45) is 3.13. The molecule has 2 heterocycles. The van der Waals surface area contributed by atoms with Gasteiger partial charge in [-0.1, -0.05) is 12.1 Å². The highest BCUT2D eigenvalue weighted by Crippen LogP contribution is 2.24. The van der Waals surface area contributed by atoms with Gasteiger partial charge in [0.05, 0.1) is 18.2 Å². The summed E-state index contributed by atoms with van der Waals surface area (Å²) in [5.74, 6) is 0.956. The highest BCUT2D eigenvalue weighted by atomic mass is 32.2. The molecular weight excluding hydrogens is 412 g/mol. The van der Waals surface area contributed by atoms with E-state index in [2.05, 4.69) is 15.0 Å². The summed E-state index contributed by atoms with van der Waals surface area (Å²) < 4.78 is 40.9. The normalized spacial score (nSPS) is 17.4. The second-order valence-electron chi connectivity index (χ2n) is 6.95. The number of hydrogen-bond acceptors (Lipinski definition) is 5. The molecule has 162 valence electrons. The van der Waals surface area contributed by atoms with Crippen molar-refractivity contribution in [2.45, 2.75) is 43.9 Å². The third-order valence-corrected chi connectivity index (χ3v) is 6.32. The fourth-order valence-corrected chi connectivity index (χ4v) is 4.17. The van der Waals surface area contributed by atoms with Crippen LogP contribution in [0.15, 0.2) is 47.5 Å². The van der Waals surface area contributed by atoms with Crippen LogP contribution in [-0.2, 0) is 22.5 Å². The lowest BCUT2D eigenvalue weighted by atomic mass is 10.2. The van der Waals surface area contributed by atoms with Crippen LogP contribution >= 0.6 is 0 Å². The first-order chi connectivity index (χ1) is 14.5. The molecule has 6 nitrogen and oxygen atoms in total. The molecule has 1 amide bonds. The Labute approximate surface area is 177 Å². The standard InChI is InChI=1S/C21H25F2N3O3S/c1-2-30(28)18-8-5-15(6-9-18)12-25-20(27)16-7-10-19(24-13-16)26-11-3-4-17(26)14-29-21(22)23/h5-10,13,17,21H,2-4,11-12,14H2,1H3,(H,25,27)/t17-,30?/m0/s1. The molecular formula is C21H25F2N3O3S. The summed E-state index contributed by atoms with van der Waals surface area (Å²) in [4.78, 5) is 19.4. The number of nitrogens with zero attached hydrogens (tertiary/aromatic N) is 2. The molecule has 1 fully saturated rings. The average Bonchev–Trinajstić information content (AvgIpc) is 3.24. The number of pyridine rings is 1. The molecule has 9 heteroatoms. The maximum Gasteiger partial charge on any atom is 0.345 e. The van der Waals surface area contributed by atoms with Crippen LogP contribution in [0.4, 0.5) is 14.6 Å². The molecule has 0 spiro atoms. The van der Waals surface area contributed by atoms with Crippen LogP contribution in [0, 0.1) is 0 Å². The minimum atomic E-state index is -2.78. The Balaban J connectivity index is 1.54.